The lowest BCUT2D eigenvalue weighted by Crippen LogP contribution is -2.37. The Morgan fingerprint density at radius 3 is 1.88 bits per heavy atom. The van der Waals surface area contributed by atoms with Crippen LogP contribution in [0.4, 0.5) is 0 Å². The van der Waals surface area contributed by atoms with Crippen molar-refractivity contribution < 1.29 is 0 Å². The zero-order valence-corrected chi connectivity index (χ0v) is 18.4. The second-order valence-electron chi connectivity index (χ2n) is 7.49. The van der Waals surface area contributed by atoms with Crippen LogP contribution in [0, 0.1) is 0 Å². The van der Waals surface area contributed by atoms with Gasteiger partial charge in [-0.15, -0.1) is 0 Å². The zero-order valence-electron chi connectivity index (χ0n) is 18.4. The summed E-state index contributed by atoms with van der Waals surface area (Å²) in [7, 11) is 0. The number of guanidine groups is 1. The van der Waals surface area contributed by atoms with Crippen molar-refractivity contribution in [2.24, 2.45) is 4.99 Å². The summed E-state index contributed by atoms with van der Waals surface area (Å²) in [6, 6.07) is 20.7. The summed E-state index contributed by atoms with van der Waals surface area (Å²) in [6.07, 6.45) is 7.57. The lowest BCUT2D eigenvalue weighted by atomic mass is 10.1. The minimum absolute atomic E-state index is 0.599. The number of nitrogens with one attached hydrogen (secondary N) is 2. The van der Waals surface area contributed by atoms with Gasteiger partial charge in [0.05, 0.1) is 19.6 Å². The van der Waals surface area contributed by atoms with Gasteiger partial charge in [0, 0.05) is 37.9 Å². The number of nitrogens with zero attached hydrogens (tertiary/aromatic N) is 5. The first-order valence-corrected chi connectivity index (χ1v) is 10.9. The van der Waals surface area contributed by atoms with E-state index in [4.69, 9.17) is 4.99 Å². The van der Waals surface area contributed by atoms with Gasteiger partial charge in [-0.2, -0.15) is 10.2 Å². The molecule has 2 N–H and O–H groups in total. The largest absolute Gasteiger partial charge is 0.357 e. The van der Waals surface area contributed by atoms with Crippen LogP contribution in [0.3, 0.4) is 0 Å². The van der Waals surface area contributed by atoms with Gasteiger partial charge in [0.25, 0.3) is 0 Å². The third-order valence-electron chi connectivity index (χ3n) is 5.22. The Bertz CT molecular complexity index is 1110. The van der Waals surface area contributed by atoms with E-state index < -0.39 is 0 Å². The van der Waals surface area contributed by atoms with Gasteiger partial charge in [0.15, 0.2) is 5.96 Å². The monoisotopic (exact) mass is 427 g/mol. The first kappa shape index (κ1) is 21.4. The predicted octanol–water partition coefficient (Wildman–Crippen LogP) is 3.43. The standard InChI is InChI=1S/C25H29N7/c1-2-26-25(27-17-21-9-3-5-11-23(21)19-31-15-7-13-29-31)28-18-22-10-4-6-12-24(22)20-32-16-8-14-30-32/h3-16H,2,17-20H2,1H3,(H2,26,27,28). The summed E-state index contributed by atoms with van der Waals surface area (Å²) in [6.45, 7) is 5.66. The maximum absolute atomic E-state index is 4.84. The van der Waals surface area contributed by atoms with E-state index >= 15 is 0 Å². The number of aromatic nitrogens is 4. The molecule has 0 amide bonds. The van der Waals surface area contributed by atoms with Gasteiger partial charge in [-0.1, -0.05) is 48.5 Å². The van der Waals surface area contributed by atoms with Crippen molar-refractivity contribution in [2.75, 3.05) is 6.54 Å². The molecule has 0 aliphatic rings. The molecular formula is C25H29N7. The van der Waals surface area contributed by atoms with Gasteiger partial charge in [0.1, 0.15) is 0 Å². The molecular weight excluding hydrogens is 398 g/mol. The number of aliphatic imine (C=N–C) groups is 1. The summed E-state index contributed by atoms with van der Waals surface area (Å²) in [5.41, 5.74) is 4.89. The van der Waals surface area contributed by atoms with E-state index in [0.29, 0.717) is 13.1 Å². The average Bonchev–Trinajstić information content (AvgIpc) is 3.52. The molecule has 0 fully saturated rings. The van der Waals surface area contributed by atoms with Crippen LogP contribution in [-0.2, 0) is 26.2 Å². The number of hydrogen-bond acceptors (Lipinski definition) is 3. The Morgan fingerprint density at radius 2 is 1.31 bits per heavy atom. The Morgan fingerprint density at radius 1 is 0.750 bits per heavy atom. The van der Waals surface area contributed by atoms with Gasteiger partial charge in [-0.05, 0) is 41.3 Å². The van der Waals surface area contributed by atoms with Crippen LogP contribution < -0.4 is 10.6 Å². The normalized spacial score (nSPS) is 11.5. The minimum Gasteiger partial charge on any atom is -0.357 e. The van der Waals surface area contributed by atoms with Crippen molar-refractivity contribution in [3.05, 3.63) is 108 Å². The molecule has 32 heavy (non-hydrogen) atoms. The topological polar surface area (TPSA) is 72.1 Å². The van der Waals surface area contributed by atoms with E-state index in [0.717, 1.165) is 25.6 Å². The van der Waals surface area contributed by atoms with Gasteiger partial charge in [-0.3, -0.25) is 9.36 Å². The maximum atomic E-state index is 4.84. The quantitative estimate of drug-likeness (QED) is 0.317. The third-order valence-corrected chi connectivity index (χ3v) is 5.22. The molecule has 0 bridgehead atoms. The van der Waals surface area contributed by atoms with Gasteiger partial charge < -0.3 is 10.6 Å². The maximum Gasteiger partial charge on any atom is 0.191 e. The van der Waals surface area contributed by atoms with Crippen molar-refractivity contribution in [3.8, 4) is 0 Å². The van der Waals surface area contributed by atoms with Crippen LogP contribution in [0.25, 0.3) is 0 Å². The van der Waals surface area contributed by atoms with Gasteiger partial charge in [0.2, 0.25) is 0 Å². The van der Waals surface area contributed by atoms with Crippen LogP contribution in [0.1, 0.15) is 29.2 Å². The highest BCUT2D eigenvalue weighted by Gasteiger charge is 2.06. The van der Waals surface area contributed by atoms with Crippen molar-refractivity contribution in [2.45, 2.75) is 33.1 Å². The second kappa shape index (κ2) is 10.9. The summed E-state index contributed by atoms with van der Waals surface area (Å²) in [5, 5.41) is 15.5. The molecule has 0 aliphatic carbocycles. The highest BCUT2D eigenvalue weighted by molar-refractivity contribution is 5.79. The third kappa shape index (κ3) is 5.85. The van der Waals surface area contributed by atoms with E-state index in [-0.39, 0.29) is 0 Å². The van der Waals surface area contributed by atoms with Crippen LogP contribution in [0.15, 0.2) is 90.4 Å². The molecule has 0 saturated heterocycles. The van der Waals surface area contributed by atoms with E-state index in [1.54, 1.807) is 12.4 Å². The Kier molecular flexibility index (Phi) is 7.31. The molecule has 0 radical (unpaired) electrons. The number of rotatable bonds is 9. The molecule has 0 saturated carbocycles. The number of hydrogen-bond donors (Lipinski definition) is 2. The lowest BCUT2D eigenvalue weighted by Gasteiger charge is -2.15. The fraction of sp³-hybridized carbons (Fsp3) is 0.240. The molecule has 0 spiro atoms. The summed E-state index contributed by atoms with van der Waals surface area (Å²) < 4.78 is 3.87. The van der Waals surface area contributed by atoms with Crippen LogP contribution >= 0.6 is 0 Å². The molecule has 4 rings (SSSR count). The lowest BCUT2D eigenvalue weighted by molar-refractivity contribution is 0.677. The molecule has 2 aromatic heterocycles. The summed E-state index contributed by atoms with van der Waals surface area (Å²) in [5.74, 6) is 0.801. The van der Waals surface area contributed by atoms with Gasteiger partial charge >= 0.3 is 0 Å². The second-order valence-corrected chi connectivity index (χ2v) is 7.49. The Balaban J connectivity index is 1.44. The average molecular weight is 428 g/mol. The predicted molar refractivity (Wildman–Crippen MR) is 127 cm³/mol. The van der Waals surface area contributed by atoms with Crippen molar-refractivity contribution in [1.29, 1.82) is 0 Å². The first-order valence-electron chi connectivity index (χ1n) is 10.9. The molecule has 4 aromatic rings. The minimum atomic E-state index is 0.599. The zero-order chi connectivity index (χ0) is 22.0. The SMILES string of the molecule is CCNC(=NCc1ccccc1Cn1cccn1)NCc1ccccc1Cn1cccn1. The highest BCUT2D eigenvalue weighted by atomic mass is 15.3. The van der Waals surface area contributed by atoms with Crippen molar-refractivity contribution in [1.82, 2.24) is 30.2 Å². The molecule has 0 unspecified atom stereocenters. The highest BCUT2D eigenvalue weighted by Crippen LogP contribution is 2.13. The molecule has 7 nitrogen and oxygen atoms in total. The summed E-state index contributed by atoms with van der Waals surface area (Å²) in [4.78, 5) is 4.84. The van der Waals surface area contributed by atoms with Gasteiger partial charge in [-0.25, -0.2) is 4.99 Å². The van der Waals surface area contributed by atoms with E-state index in [9.17, 15) is 0 Å². The van der Waals surface area contributed by atoms with E-state index in [1.807, 2.05) is 33.9 Å². The van der Waals surface area contributed by atoms with E-state index in [2.05, 4.69) is 76.3 Å². The molecule has 2 heterocycles. The fourth-order valence-corrected chi connectivity index (χ4v) is 3.57. The fourth-order valence-electron chi connectivity index (χ4n) is 3.57. The van der Waals surface area contributed by atoms with E-state index in [1.165, 1.54) is 22.3 Å². The van der Waals surface area contributed by atoms with Crippen LogP contribution in [0.2, 0.25) is 0 Å². The molecule has 0 aliphatic heterocycles. The Hall–Kier alpha value is -3.87. The number of benzene rings is 2. The molecule has 0 atom stereocenters. The van der Waals surface area contributed by atoms with Crippen LogP contribution in [-0.4, -0.2) is 32.1 Å². The smallest absolute Gasteiger partial charge is 0.191 e. The van der Waals surface area contributed by atoms with Crippen LogP contribution in [0.5, 0.6) is 0 Å². The molecule has 2 aromatic carbocycles. The first-order chi connectivity index (χ1) is 15.8. The molecule has 164 valence electrons. The van der Waals surface area contributed by atoms with Crippen molar-refractivity contribution >= 4 is 5.96 Å². The Labute approximate surface area is 188 Å². The molecule has 7 heteroatoms. The van der Waals surface area contributed by atoms with Crippen molar-refractivity contribution in [3.63, 3.8) is 0 Å². The summed E-state index contributed by atoms with van der Waals surface area (Å²) >= 11 is 0.